The Morgan fingerprint density at radius 3 is 2.38 bits per heavy atom. The third-order valence-electron chi connectivity index (χ3n) is 3.11. The molecule has 0 saturated carbocycles. The van der Waals surface area contributed by atoms with Gasteiger partial charge in [-0.15, -0.1) is 0 Å². The molecule has 1 atom stereocenters. The highest BCUT2D eigenvalue weighted by Crippen LogP contribution is 2.20. The topological polar surface area (TPSA) is 29.3 Å². The van der Waals surface area contributed by atoms with Crippen LogP contribution in [0.15, 0.2) is 18.2 Å². The molecule has 0 bridgehead atoms. The molecule has 0 radical (unpaired) electrons. The first kappa shape index (κ1) is 13.1. The van der Waals surface area contributed by atoms with E-state index in [-0.39, 0.29) is 5.54 Å². The molecule has 0 heterocycles. The van der Waals surface area contributed by atoms with Gasteiger partial charge in [0.25, 0.3) is 0 Å². The Kier molecular flexibility index (Phi) is 3.99. The lowest BCUT2D eigenvalue weighted by Crippen LogP contribution is -2.49. The summed E-state index contributed by atoms with van der Waals surface area (Å²) in [6.07, 6.45) is 0.461. The fourth-order valence-corrected chi connectivity index (χ4v) is 1.49. The van der Waals surface area contributed by atoms with E-state index in [4.69, 9.17) is 5.73 Å². The van der Waals surface area contributed by atoms with Gasteiger partial charge in [0, 0.05) is 18.2 Å². The zero-order valence-electron chi connectivity index (χ0n) is 9.93. The van der Waals surface area contributed by atoms with Crippen molar-refractivity contribution < 1.29 is 8.78 Å². The van der Waals surface area contributed by atoms with Crippen LogP contribution in [0.1, 0.15) is 12.5 Å². The van der Waals surface area contributed by atoms with Crippen LogP contribution in [0.3, 0.4) is 0 Å². The van der Waals surface area contributed by atoms with Crippen molar-refractivity contribution in [2.45, 2.75) is 18.9 Å². The van der Waals surface area contributed by atoms with Gasteiger partial charge in [-0.05, 0) is 39.1 Å². The predicted molar refractivity (Wildman–Crippen MR) is 61.2 cm³/mol. The molecule has 1 rings (SSSR count). The van der Waals surface area contributed by atoms with E-state index in [0.29, 0.717) is 18.5 Å². The van der Waals surface area contributed by atoms with E-state index in [1.165, 1.54) is 12.1 Å². The van der Waals surface area contributed by atoms with Gasteiger partial charge in [-0.3, -0.25) is 0 Å². The average molecular weight is 228 g/mol. The normalized spacial score (nSPS) is 15.2. The second-order valence-electron chi connectivity index (χ2n) is 4.51. The van der Waals surface area contributed by atoms with Crippen molar-refractivity contribution in [1.29, 1.82) is 0 Å². The summed E-state index contributed by atoms with van der Waals surface area (Å²) in [5, 5.41) is 0. The third-order valence-corrected chi connectivity index (χ3v) is 3.11. The summed E-state index contributed by atoms with van der Waals surface area (Å²) >= 11 is 0. The van der Waals surface area contributed by atoms with Crippen LogP contribution in [0.5, 0.6) is 0 Å². The number of halogens is 2. The Bertz CT molecular complexity index is 366. The number of rotatable bonds is 4. The molecular formula is C12H18F2N2. The van der Waals surface area contributed by atoms with Crippen molar-refractivity contribution in [3.63, 3.8) is 0 Å². The van der Waals surface area contributed by atoms with E-state index in [9.17, 15) is 8.78 Å². The monoisotopic (exact) mass is 228 g/mol. The SMILES string of the molecule is CN(C)C(C)(CN)Cc1ccc(F)cc1F. The molecule has 2 nitrogen and oxygen atoms in total. The first-order chi connectivity index (χ1) is 7.39. The van der Waals surface area contributed by atoms with E-state index in [2.05, 4.69) is 0 Å². The van der Waals surface area contributed by atoms with Gasteiger partial charge >= 0.3 is 0 Å². The molecule has 16 heavy (non-hydrogen) atoms. The lowest BCUT2D eigenvalue weighted by Gasteiger charge is -2.35. The fourth-order valence-electron chi connectivity index (χ4n) is 1.49. The second-order valence-corrected chi connectivity index (χ2v) is 4.51. The van der Waals surface area contributed by atoms with Crippen LogP contribution in [-0.2, 0) is 6.42 Å². The molecule has 2 N–H and O–H groups in total. The standard InChI is InChI=1S/C12H18F2N2/c1-12(8-15,16(2)3)7-9-4-5-10(13)6-11(9)14/h4-6H,7-8,15H2,1-3H3. The van der Waals surface area contributed by atoms with Gasteiger partial charge in [0.2, 0.25) is 0 Å². The van der Waals surface area contributed by atoms with Gasteiger partial charge in [0.05, 0.1) is 0 Å². The lowest BCUT2D eigenvalue weighted by molar-refractivity contribution is 0.179. The molecule has 0 aliphatic rings. The molecule has 0 fully saturated rings. The summed E-state index contributed by atoms with van der Waals surface area (Å²) in [5.74, 6) is -1.07. The third kappa shape index (κ3) is 2.77. The van der Waals surface area contributed by atoms with Crippen LogP contribution in [0.2, 0.25) is 0 Å². The van der Waals surface area contributed by atoms with Gasteiger partial charge in [0.1, 0.15) is 11.6 Å². The Morgan fingerprint density at radius 1 is 1.31 bits per heavy atom. The number of nitrogens with zero attached hydrogens (tertiary/aromatic N) is 1. The molecule has 0 aliphatic carbocycles. The maximum Gasteiger partial charge on any atom is 0.129 e. The second kappa shape index (κ2) is 4.89. The minimum absolute atomic E-state index is 0.321. The van der Waals surface area contributed by atoms with Gasteiger partial charge in [-0.1, -0.05) is 6.07 Å². The van der Waals surface area contributed by atoms with E-state index in [1.807, 2.05) is 25.9 Å². The van der Waals surface area contributed by atoms with Crippen molar-refractivity contribution in [2.24, 2.45) is 5.73 Å². The Balaban J connectivity index is 2.95. The quantitative estimate of drug-likeness (QED) is 0.851. The van der Waals surface area contributed by atoms with Crippen LogP contribution in [0.25, 0.3) is 0 Å². The summed E-state index contributed by atoms with van der Waals surface area (Å²) in [4.78, 5) is 1.95. The first-order valence-electron chi connectivity index (χ1n) is 5.20. The summed E-state index contributed by atoms with van der Waals surface area (Å²) in [6, 6.07) is 3.65. The Morgan fingerprint density at radius 2 is 1.94 bits per heavy atom. The summed E-state index contributed by atoms with van der Waals surface area (Å²) in [5.41, 5.74) is 5.87. The van der Waals surface area contributed by atoms with E-state index >= 15 is 0 Å². The molecule has 0 aliphatic heterocycles. The zero-order chi connectivity index (χ0) is 12.3. The molecule has 0 amide bonds. The van der Waals surface area contributed by atoms with E-state index in [1.54, 1.807) is 0 Å². The largest absolute Gasteiger partial charge is 0.329 e. The molecule has 1 aromatic rings. The van der Waals surface area contributed by atoms with Gasteiger partial charge in [-0.25, -0.2) is 8.78 Å². The number of nitrogens with two attached hydrogens (primary N) is 1. The van der Waals surface area contributed by atoms with Crippen molar-refractivity contribution in [3.8, 4) is 0 Å². The molecule has 1 unspecified atom stereocenters. The van der Waals surface area contributed by atoms with Crippen molar-refractivity contribution in [3.05, 3.63) is 35.4 Å². The highest BCUT2D eigenvalue weighted by molar-refractivity contribution is 5.21. The van der Waals surface area contributed by atoms with Crippen LogP contribution < -0.4 is 5.73 Å². The molecule has 1 aromatic carbocycles. The highest BCUT2D eigenvalue weighted by Gasteiger charge is 2.26. The molecule has 0 spiro atoms. The van der Waals surface area contributed by atoms with Crippen molar-refractivity contribution in [1.82, 2.24) is 4.90 Å². The van der Waals surface area contributed by atoms with E-state index < -0.39 is 11.6 Å². The van der Waals surface area contributed by atoms with E-state index in [0.717, 1.165) is 6.07 Å². The zero-order valence-corrected chi connectivity index (χ0v) is 9.93. The van der Waals surface area contributed by atoms with Crippen molar-refractivity contribution in [2.75, 3.05) is 20.6 Å². The maximum atomic E-state index is 13.5. The van der Waals surface area contributed by atoms with Crippen LogP contribution in [0.4, 0.5) is 8.78 Å². The Labute approximate surface area is 95.1 Å². The number of likely N-dealkylation sites (N-methyl/N-ethyl adjacent to an activating group) is 1. The molecule has 0 saturated heterocycles. The smallest absolute Gasteiger partial charge is 0.129 e. The number of hydrogen-bond donors (Lipinski definition) is 1. The highest BCUT2D eigenvalue weighted by atomic mass is 19.1. The first-order valence-corrected chi connectivity index (χ1v) is 5.20. The maximum absolute atomic E-state index is 13.5. The summed E-state index contributed by atoms with van der Waals surface area (Å²) in [6.45, 7) is 2.37. The van der Waals surface area contributed by atoms with Crippen LogP contribution in [-0.4, -0.2) is 31.1 Å². The minimum Gasteiger partial charge on any atom is -0.329 e. The van der Waals surface area contributed by atoms with Gasteiger partial charge < -0.3 is 10.6 Å². The lowest BCUT2D eigenvalue weighted by atomic mass is 9.91. The Hall–Kier alpha value is -1.00. The minimum atomic E-state index is -0.555. The average Bonchev–Trinajstić information content (AvgIpc) is 2.22. The predicted octanol–water partition coefficient (Wildman–Crippen LogP) is 1.79. The van der Waals surface area contributed by atoms with Crippen molar-refractivity contribution >= 4 is 0 Å². The summed E-state index contributed by atoms with van der Waals surface area (Å²) < 4.78 is 26.2. The summed E-state index contributed by atoms with van der Waals surface area (Å²) in [7, 11) is 3.79. The number of benzene rings is 1. The van der Waals surface area contributed by atoms with Crippen LogP contribution >= 0.6 is 0 Å². The molecule has 4 heteroatoms. The number of hydrogen-bond acceptors (Lipinski definition) is 2. The van der Waals surface area contributed by atoms with Gasteiger partial charge in [0.15, 0.2) is 0 Å². The molecule has 90 valence electrons. The molecular weight excluding hydrogens is 210 g/mol. The van der Waals surface area contributed by atoms with Crippen LogP contribution in [0, 0.1) is 11.6 Å². The fraction of sp³-hybridized carbons (Fsp3) is 0.500. The molecule has 0 aromatic heterocycles. The van der Waals surface area contributed by atoms with Gasteiger partial charge in [-0.2, -0.15) is 0 Å².